The van der Waals surface area contributed by atoms with Crippen LogP contribution in [0.2, 0.25) is 0 Å². The normalized spacial score (nSPS) is 17.4. The fourth-order valence-corrected chi connectivity index (χ4v) is 7.13. The lowest BCUT2D eigenvalue weighted by molar-refractivity contribution is 0.355. The number of sulfone groups is 1. The second kappa shape index (κ2) is 9.63. The fourth-order valence-electron chi connectivity index (χ4n) is 3.62. The maximum atomic E-state index is 11.9. The summed E-state index contributed by atoms with van der Waals surface area (Å²) < 4.78 is 36.4. The van der Waals surface area contributed by atoms with Crippen molar-refractivity contribution >= 4 is 32.9 Å². The van der Waals surface area contributed by atoms with Gasteiger partial charge in [-0.3, -0.25) is 0 Å². The number of thioether (sulfide) groups is 1. The van der Waals surface area contributed by atoms with Gasteiger partial charge in [0, 0.05) is 29.2 Å². The molecular formula is C21H24N4O4S3. The molecule has 0 amide bonds. The minimum Gasteiger partial charge on any atom is -0.493 e. The van der Waals surface area contributed by atoms with Gasteiger partial charge in [0.15, 0.2) is 26.5 Å². The summed E-state index contributed by atoms with van der Waals surface area (Å²) in [5.74, 6) is 2.91. The molecule has 8 nitrogen and oxygen atoms in total. The molecule has 0 radical (unpaired) electrons. The van der Waals surface area contributed by atoms with E-state index < -0.39 is 9.84 Å². The van der Waals surface area contributed by atoms with Crippen molar-refractivity contribution in [3.8, 4) is 22.1 Å². The summed E-state index contributed by atoms with van der Waals surface area (Å²) in [6.45, 7) is 4.36. The number of thiazole rings is 1. The Kier molecular flexibility index (Phi) is 6.87. The molecule has 2 aromatic heterocycles. The standard InChI is InChI=1S/C21H24N4O4S3/c1-4-8-25-19(15-7-9-32(26,27)13-15)23-24-21(25)31-12-16-11-30-20(22-16)14-5-6-17(28-2)18(10-14)29-3/h4-6,10-11,15H,1,7-9,12-13H2,2-3H3/t15-/m0/s1. The third-order valence-electron chi connectivity index (χ3n) is 5.19. The van der Waals surface area contributed by atoms with E-state index in [1.54, 1.807) is 31.6 Å². The van der Waals surface area contributed by atoms with Crippen LogP contribution in [-0.2, 0) is 22.1 Å². The zero-order valence-electron chi connectivity index (χ0n) is 17.9. The van der Waals surface area contributed by atoms with E-state index in [1.807, 2.05) is 28.1 Å². The average molecular weight is 493 g/mol. The number of rotatable bonds is 9. The van der Waals surface area contributed by atoms with Crippen molar-refractivity contribution in [1.82, 2.24) is 19.7 Å². The van der Waals surface area contributed by atoms with Crippen molar-refractivity contribution in [2.75, 3.05) is 25.7 Å². The molecule has 0 saturated carbocycles. The van der Waals surface area contributed by atoms with Crippen molar-refractivity contribution in [3.05, 3.63) is 47.8 Å². The van der Waals surface area contributed by atoms with Crippen LogP contribution in [-0.4, -0.2) is 53.9 Å². The van der Waals surface area contributed by atoms with Crippen LogP contribution in [0.4, 0.5) is 0 Å². The topological polar surface area (TPSA) is 96.2 Å². The number of benzene rings is 1. The van der Waals surface area contributed by atoms with Crippen LogP contribution in [0.3, 0.4) is 0 Å². The van der Waals surface area contributed by atoms with E-state index in [2.05, 4.69) is 16.8 Å². The molecule has 1 aliphatic heterocycles. The molecule has 0 bridgehead atoms. The second-order valence-corrected chi connectivity index (χ2v) is 11.4. The van der Waals surface area contributed by atoms with Gasteiger partial charge in [-0.2, -0.15) is 0 Å². The van der Waals surface area contributed by atoms with Crippen LogP contribution in [0, 0.1) is 0 Å². The van der Waals surface area contributed by atoms with Gasteiger partial charge in [-0.05, 0) is 24.6 Å². The highest BCUT2D eigenvalue weighted by Gasteiger charge is 2.33. The Morgan fingerprint density at radius 3 is 2.78 bits per heavy atom. The summed E-state index contributed by atoms with van der Waals surface area (Å²) >= 11 is 3.10. The van der Waals surface area contributed by atoms with Gasteiger partial charge >= 0.3 is 0 Å². The fraction of sp³-hybridized carbons (Fsp3) is 0.381. The summed E-state index contributed by atoms with van der Waals surface area (Å²) in [4.78, 5) is 4.75. The molecule has 1 fully saturated rings. The molecular weight excluding hydrogens is 468 g/mol. The van der Waals surface area contributed by atoms with Gasteiger partial charge in [0.05, 0.1) is 31.4 Å². The molecule has 32 heavy (non-hydrogen) atoms. The largest absolute Gasteiger partial charge is 0.493 e. The monoisotopic (exact) mass is 492 g/mol. The van der Waals surface area contributed by atoms with Crippen molar-refractivity contribution in [2.24, 2.45) is 0 Å². The molecule has 3 heterocycles. The average Bonchev–Trinajstić information content (AvgIpc) is 3.50. The number of methoxy groups -OCH3 is 2. The van der Waals surface area contributed by atoms with Crippen LogP contribution in [0.25, 0.3) is 10.6 Å². The third kappa shape index (κ3) is 4.84. The molecule has 170 valence electrons. The molecule has 1 aliphatic rings. The van der Waals surface area contributed by atoms with Crippen LogP contribution >= 0.6 is 23.1 Å². The van der Waals surface area contributed by atoms with E-state index in [0.29, 0.717) is 30.2 Å². The van der Waals surface area contributed by atoms with Crippen LogP contribution < -0.4 is 9.47 Å². The van der Waals surface area contributed by atoms with E-state index in [9.17, 15) is 8.42 Å². The minimum absolute atomic E-state index is 0.113. The maximum Gasteiger partial charge on any atom is 0.191 e. The second-order valence-electron chi connectivity index (χ2n) is 7.34. The van der Waals surface area contributed by atoms with Gasteiger partial charge in [-0.25, -0.2) is 13.4 Å². The molecule has 4 rings (SSSR count). The van der Waals surface area contributed by atoms with Crippen LogP contribution in [0.15, 0.2) is 41.4 Å². The van der Waals surface area contributed by atoms with Crippen molar-refractivity contribution in [3.63, 3.8) is 0 Å². The first kappa shape index (κ1) is 22.8. The van der Waals surface area contributed by atoms with E-state index in [0.717, 1.165) is 27.2 Å². The van der Waals surface area contributed by atoms with Gasteiger partial charge in [0.25, 0.3) is 0 Å². The van der Waals surface area contributed by atoms with Crippen molar-refractivity contribution < 1.29 is 17.9 Å². The summed E-state index contributed by atoms with van der Waals surface area (Å²) in [6, 6.07) is 5.74. The Morgan fingerprint density at radius 2 is 2.09 bits per heavy atom. The van der Waals surface area contributed by atoms with E-state index in [1.165, 1.54) is 11.8 Å². The van der Waals surface area contributed by atoms with E-state index in [-0.39, 0.29) is 17.4 Å². The molecule has 1 aromatic carbocycles. The van der Waals surface area contributed by atoms with E-state index in [4.69, 9.17) is 14.5 Å². The molecule has 0 unspecified atom stereocenters. The van der Waals surface area contributed by atoms with Gasteiger partial charge < -0.3 is 14.0 Å². The lowest BCUT2D eigenvalue weighted by Gasteiger charge is -2.10. The zero-order chi connectivity index (χ0) is 22.7. The lowest BCUT2D eigenvalue weighted by Crippen LogP contribution is -2.11. The lowest BCUT2D eigenvalue weighted by atomic mass is 10.1. The number of hydrogen-bond acceptors (Lipinski definition) is 9. The van der Waals surface area contributed by atoms with Crippen LogP contribution in [0.1, 0.15) is 23.9 Å². The highest BCUT2D eigenvalue weighted by Crippen LogP contribution is 2.35. The smallest absolute Gasteiger partial charge is 0.191 e. The Balaban J connectivity index is 1.49. The van der Waals surface area contributed by atoms with Gasteiger partial charge in [0.1, 0.15) is 10.8 Å². The molecule has 3 aromatic rings. The van der Waals surface area contributed by atoms with Gasteiger partial charge in [-0.15, -0.1) is 28.1 Å². The SMILES string of the molecule is C=CCn1c(SCc2csc(-c3ccc(OC)c(OC)c3)n2)nnc1[C@H]1CCS(=O)(=O)C1. The maximum absolute atomic E-state index is 11.9. The minimum atomic E-state index is -2.99. The van der Waals surface area contributed by atoms with E-state index >= 15 is 0 Å². The van der Waals surface area contributed by atoms with Crippen molar-refractivity contribution in [2.45, 2.75) is 29.8 Å². The Hall–Kier alpha value is -2.37. The predicted molar refractivity (Wildman–Crippen MR) is 126 cm³/mol. The molecule has 0 N–H and O–H groups in total. The molecule has 0 aliphatic carbocycles. The summed E-state index contributed by atoms with van der Waals surface area (Å²) in [5.41, 5.74) is 1.89. The first-order valence-electron chi connectivity index (χ1n) is 9.98. The highest BCUT2D eigenvalue weighted by atomic mass is 32.2. The number of ether oxygens (including phenoxy) is 2. The first-order chi connectivity index (χ1) is 15.4. The molecule has 11 heteroatoms. The highest BCUT2D eigenvalue weighted by molar-refractivity contribution is 7.98. The molecule has 1 saturated heterocycles. The Morgan fingerprint density at radius 1 is 1.28 bits per heavy atom. The molecule has 1 atom stereocenters. The van der Waals surface area contributed by atoms with Gasteiger partial charge in [0.2, 0.25) is 0 Å². The van der Waals surface area contributed by atoms with Gasteiger partial charge in [-0.1, -0.05) is 17.8 Å². The molecule has 0 spiro atoms. The summed E-state index contributed by atoms with van der Waals surface area (Å²) in [6.07, 6.45) is 2.36. The zero-order valence-corrected chi connectivity index (χ0v) is 20.3. The number of allylic oxidation sites excluding steroid dienone is 1. The summed E-state index contributed by atoms with van der Waals surface area (Å²) in [5, 5.41) is 12.3. The third-order valence-corrected chi connectivity index (χ3v) is 8.89. The number of aromatic nitrogens is 4. The Bertz CT molecular complexity index is 1220. The first-order valence-corrected chi connectivity index (χ1v) is 13.7. The number of nitrogens with zero attached hydrogens (tertiary/aromatic N) is 4. The quantitative estimate of drug-likeness (QED) is 0.329. The van der Waals surface area contributed by atoms with Crippen molar-refractivity contribution in [1.29, 1.82) is 0 Å². The Labute approximate surface area is 195 Å². The number of hydrogen-bond donors (Lipinski definition) is 0. The summed E-state index contributed by atoms with van der Waals surface area (Å²) in [7, 11) is 0.227. The van der Waals surface area contributed by atoms with Crippen LogP contribution in [0.5, 0.6) is 11.5 Å². The predicted octanol–water partition coefficient (Wildman–Crippen LogP) is 3.80.